The van der Waals surface area contributed by atoms with Crippen molar-refractivity contribution in [2.24, 2.45) is 0 Å². The number of ether oxygens (including phenoxy) is 2. The standard InChI is InChI=1S/C20H32F3N3O5Si/c1-32(2,3)11-10-31-14-26-19(29)18(20(21,22)23)16(12-24-26)25-8-5-4-6-15(25)13-30-9-7-17(27)28/h12,15H,4-11,13-14H2,1-3H3,(H,27,28). The molecule has 1 aliphatic heterocycles. The maximum Gasteiger partial charge on any atom is 0.423 e. The molecule has 2 heterocycles. The summed E-state index contributed by atoms with van der Waals surface area (Å²) in [6.45, 7) is 6.85. The Morgan fingerprint density at radius 2 is 1.97 bits per heavy atom. The minimum atomic E-state index is -4.86. The summed E-state index contributed by atoms with van der Waals surface area (Å²) in [6, 6.07) is 0.423. The van der Waals surface area contributed by atoms with Gasteiger partial charge in [0.2, 0.25) is 0 Å². The van der Waals surface area contributed by atoms with E-state index in [2.05, 4.69) is 24.7 Å². The first-order valence-corrected chi connectivity index (χ1v) is 14.4. The van der Waals surface area contributed by atoms with Crippen molar-refractivity contribution in [1.29, 1.82) is 0 Å². The maximum atomic E-state index is 13.9. The van der Waals surface area contributed by atoms with E-state index in [-0.39, 0.29) is 32.1 Å². The fourth-order valence-corrected chi connectivity index (χ4v) is 4.21. The Bertz CT molecular complexity index is 826. The van der Waals surface area contributed by atoms with E-state index in [1.807, 2.05) is 0 Å². The molecule has 0 bridgehead atoms. The van der Waals surface area contributed by atoms with Crippen LogP contribution < -0.4 is 10.5 Å². The summed E-state index contributed by atoms with van der Waals surface area (Å²) in [5, 5.41) is 12.7. The summed E-state index contributed by atoms with van der Waals surface area (Å²) in [7, 11) is -1.37. The van der Waals surface area contributed by atoms with Crippen molar-refractivity contribution in [3.05, 3.63) is 22.1 Å². The van der Waals surface area contributed by atoms with Crippen molar-refractivity contribution in [1.82, 2.24) is 9.78 Å². The van der Waals surface area contributed by atoms with Crippen molar-refractivity contribution in [2.75, 3.05) is 31.3 Å². The molecule has 1 aromatic heterocycles. The zero-order valence-electron chi connectivity index (χ0n) is 18.8. The van der Waals surface area contributed by atoms with E-state index in [4.69, 9.17) is 14.6 Å². The lowest BCUT2D eigenvalue weighted by molar-refractivity contribution is -0.139. The van der Waals surface area contributed by atoms with E-state index >= 15 is 0 Å². The minimum absolute atomic E-state index is 0.0274. The summed E-state index contributed by atoms with van der Waals surface area (Å²) >= 11 is 0. The number of hydrogen-bond acceptors (Lipinski definition) is 6. The molecule has 0 aliphatic carbocycles. The molecule has 1 aromatic rings. The van der Waals surface area contributed by atoms with Crippen molar-refractivity contribution in [2.45, 2.75) is 70.3 Å². The van der Waals surface area contributed by atoms with Crippen LogP contribution in [0.4, 0.5) is 18.9 Å². The maximum absolute atomic E-state index is 13.9. The number of carboxylic acids is 1. The molecule has 8 nitrogen and oxygen atoms in total. The van der Waals surface area contributed by atoms with Gasteiger partial charge in [-0.25, -0.2) is 4.68 Å². The quantitative estimate of drug-likeness (QED) is 0.384. The minimum Gasteiger partial charge on any atom is -0.481 e. The Balaban J connectivity index is 2.22. The number of anilines is 1. The molecule has 0 spiro atoms. The molecule has 0 radical (unpaired) electrons. The normalized spacial score (nSPS) is 17.6. The van der Waals surface area contributed by atoms with Crippen LogP contribution in [0.2, 0.25) is 25.7 Å². The first kappa shape index (κ1) is 26.3. The number of carboxylic acid groups (broad SMARTS) is 1. The average molecular weight is 480 g/mol. The van der Waals surface area contributed by atoms with Crippen LogP contribution in [0.15, 0.2) is 11.0 Å². The molecular weight excluding hydrogens is 447 g/mol. The van der Waals surface area contributed by atoms with Gasteiger partial charge in [-0.05, 0) is 25.3 Å². The second kappa shape index (κ2) is 11.3. The van der Waals surface area contributed by atoms with Gasteiger partial charge in [0.15, 0.2) is 0 Å². The van der Waals surface area contributed by atoms with Gasteiger partial charge in [-0.15, -0.1) is 0 Å². The number of alkyl halides is 3. The predicted octanol–water partition coefficient (Wildman–Crippen LogP) is 3.42. The Hall–Kier alpha value is -1.92. The fourth-order valence-electron chi connectivity index (χ4n) is 3.46. The number of piperidine rings is 1. The third kappa shape index (κ3) is 7.89. The number of aromatic nitrogens is 2. The fraction of sp³-hybridized carbons (Fsp3) is 0.750. The zero-order valence-corrected chi connectivity index (χ0v) is 19.8. The van der Waals surface area contributed by atoms with Gasteiger partial charge in [0.25, 0.3) is 5.56 Å². The van der Waals surface area contributed by atoms with Crippen LogP contribution in [-0.4, -0.2) is 61.3 Å². The lowest BCUT2D eigenvalue weighted by Crippen LogP contribution is -2.45. The Morgan fingerprint density at radius 1 is 1.25 bits per heavy atom. The molecule has 1 N–H and O–H groups in total. The molecule has 1 aliphatic rings. The third-order valence-electron chi connectivity index (χ3n) is 5.22. The second-order valence-electron chi connectivity index (χ2n) is 9.12. The molecule has 1 saturated heterocycles. The highest BCUT2D eigenvalue weighted by atomic mass is 28.3. The van der Waals surface area contributed by atoms with Gasteiger partial charge < -0.3 is 19.5 Å². The highest BCUT2D eigenvalue weighted by molar-refractivity contribution is 6.76. The molecule has 12 heteroatoms. The zero-order chi connectivity index (χ0) is 23.9. The second-order valence-corrected chi connectivity index (χ2v) is 14.7. The molecule has 2 rings (SSSR count). The Labute approximate surface area is 186 Å². The number of rotatable bonds is 11. The Morgan fingerprint density at radius 3 is 2.59 bits per heavy atom. The summed E-state index contributed by atoms with van der Waals surface area (Å²) in [5.41, 5.74) is -2.77. The number of nitrogens with zero attached hydrogens (tertiary/aromatic N) is 3. The number of halogens is 3. The molecular formula is C20H32F3N3O5Si. The number of carbonyl (C=O) groups is 1. The van der Waals surface area contributed by atoms with Crippen molar-refractivity contribution in [3.63, 3.8) is 0 Å². The van der Waals surface area contributed by atoms with Crippen LogP contribution in [0.5, 0.6) is 0 Å². The van der Waals surface area contributed by atoms with Gasteiger partial charge in [-0.1, -0.05) is 19.6 Å². The van der Waals surface area contributed by atoms with Gasteiger partial charge >= 0.3 is 12.1 Å². The van der Waals surface area contributed by atoms with E-state index < -0.39 is 37.4 Å². The monoisotopic (exact) mass is 479 g/mol. The van der Waals surface area contributed by atoms with E-state index in [0.29, 0.717) is 30.7 Å². The van der Waals surface area contributed by atoms with Crippen LogP contribution in [0, 0.1) is 0 Å². The highest BCUT2D eigenvalue weighted by Gasteiger charge is 2.41. The van der Waals surface area contributed by atoms with E-state index in [9.17, 15) is 22.8 Å². The predicted molar refractivity (Wildman–Crippen MR) is 116 cm³/mol. The van der Waals surface area contributed by atoms with Crippen molar-refractivity contribution >= 4 is 19.7 Å². The van der Waals surface area contributed by atoms with Crippen LogP contribution in [-0.2, 0) is 27.2 Å². The summed E-state index contributed by atoms with van der Waals surface area (Å²) < 4.78 is 53.2. The molecule has 1 atom stereocenters. The van der Waals surface area contributed by atoms with Gasteiger partial charge in [-0.3, -0.25) is 9.59 Å². The molecule has 0 amide bonds. The van der Waals surface area contributed by atoms with E-state index in [0.717, 1.165) is 18.7 Å². The van der Waals surface area contributed by atoms with Gasteiger partial charge in [-0.2, -0.15) is 18.3 Å². The summed E-state index contributed by atoms with van der Waals surface area (Å²) in [4.78, 5) is 24.8. The molecule has 1 unspecified atom stereocenters. The summed E-state index contributed by atoms with van der Waals surface area (Å²) in [5.74, 6) is -1.01. The largest absolute Gasteiger partial charge is 0.481 e. The van der Waals surface area contributed by atoms with Gasteiger partial charge in [0, 0.05) is 21.2 Å². The SMILES string of the molecule is C[Si](C)(C)CCOCn1ncc(N2CCCCC2COCCC(=O)O)c(C(F)(F)F)c1=O. The number of aliphatic carboxylic acids is 1. The molecule has 0 saturated carbocycles. The molecule has 0 aromatic carbocycles. The molecule has 32 heavy (non-hydrogen) atoms. The van der Waals surface area contributed by atoms with Gasteiger partial charge in [0.1, 0.15) is 12.3 Å². The van der Waals surface area contributed by atoms with E-state index in [1.54, 1.807) is 0 Å². The smallest absolute Gasteiger partial charge is 0.423 e. The average Bonchev–Trinajstić information content (AvgIpc) is 2.68. The Kier molecular flexibility index (Phi) is 9.28. The van der Waals surface area contributed by atoms with Crippen LogP contribution >= 0.6 is 0 Å². The van der Waals surface area contributed by atoms with Crippen LogP contribution in [0.25, 0.3) is 0 Å². The first-order chi connectivity index (χ1) is 14.9. The lowest BCUT2D eigenvalue weighted by atomic mass is 10.0. The number of hydrogen-bond donors (Lipinski definition) is 1. The third-order valence-corrected chi connectivity index (χ3v) is 6.93. The lowest BCUT2D eigenvalue weighted by Gasteiger charge is -2.38. The molecule has 1 fully saturated rings. The van der Waals surface area contributed by atoms with E-state index in [1.165, 1.54) is 4.90 Å². The van der Waals surface area contributed by atoms with Gasteiger partial charge in [0.05, 0.1) is 37.6 Å². The van der Waals surface area contributed by atoms with Crippen LogP contribution in [0.3, 0.4) is 0 Å². The molecule has 182 valence electrons. The highest BCUT2D eigenvalue weighted by Crippen LogP contribution is 2.36. The topological polar surface area (TPSA) is 93.9 Å². The van der Waals surface area contributed by atoms with Crippen molar-refractivity contribution < 1.29 is 32.5 Å². The van der Waals surface area contributed by atoms with Crippen LogP contribution in [0.1, 0.15) is 31.2 Å². The summed E-state index contributed by atoms with van der Waals surface area (Å²) in [6.07, 6.45) is -1.92. The first-order valence-electron chi connectivity index (χ1n) is 10.7. The van der Waals surface area contributed by atoms with Crippen molar-refractivity contribution in [3.8, 4) is 0 Å².